The molecule has 0 saturated carbocycles. The summed E-state index contributed by atoms with van der Waals surface area (Å²) in [5, 5.41) is 4.03. The zero-order valence-electron chi connectivity index (χ0n) is 9.21. The fourth-order valence-corrected chi connectivity index (χ4v) is 4.34. The van der Waals surface area contributed by atoms with Crippen molar-refractivity contribution in [3.05, 3.63) is 0 Å². The van der Waals surface area contributed by atoms with Crippen LogP contribution in [0.4, 0.5) is 0 Å². The van der Waals surface area contributed by atoms with E-state index in [0.717, 1.165) is 12.8 Å². The van der Waals surface area contributed by atoms with Crippen LogP contribution in [-0.4, -0.2) is 28.4 Å². The van der Waals surface area contributed by atoms with E-state index < -0.39 is 0 Å². The Hall–Kier alpha value is 0.170. The molecule has 1 aliphatic rings. The summed E-state index contributed by atoms with van der Waals surface area (Å²) in [6, 6.07) is 0. The first kappa shape index (κ1) is 12.2. The molecule has 14 heavy (non-hydrogen) atoms. The largest absolute Gasteiger partial charge is 0.399 e. The van der Waals surface area contributed by atoms with Crippen LogP contribution in [0, 0.1) is 0 Å². The van der Waals surface area contributed by atoms with Crippen LogP contribution in [0.1, 0.15) is 33.1 Å². The maximum Gasteiger partial charge on any atom is 0.106 e. The maximum atomic E-state index is 4.82. The average Bonchev–Trinajstić information content (AvgIpc) is 2.60. The molecular weight excluding hydrogens is 214 g/mol. The zero-order valence-corrected chi connectivity index (χ0v) is 10.8. The average molecular weight is 233 g/mol. The Kier molecular flexibility index (Phi) is 5.17. The lowest BCUT2D eigenvalue weighted by Crippen LogP contribution is -2.13. The molecule has 1 fully saturated rings. The molecule has 1 saturated heterocycles. The van der Waals surface area contributed by atoms with E-state index in [1.165, 1.54) is 23.6 Å². The minimum Gasteiger partial charge on any atom is -0.399 e. The van der Waals surface area contributed by atoms with Gasteiger partial charge >= 0.3 is 0 Å². The van der Waals surface area contributed by atoms with Crippen molar-refractivity contribution >= 4 is 29.2 Å². The summed E-state index contributed by atoms with van der Waals surface area (Å²) in [6.45, 7) is 4.48. The number of thioether (sulfide) groups is 2. The molecular formula is C10H19NOS2. The molecule has 0 aromatic carbocycles. The molecule has 0 spiro atoms. The quantitative estimate of drug-likeness (QED) is 0.537. The van der Waals surface area contributed by atoms with E-state index in [9.17, 15) is 0 Å². The van der Waals surface area contributed by atoms with Crippen molar-refractivity contribution in [3.8, 4) is 0 Å². The van der Waals surface area contributed by atoms with Gasteiger partial charge in [-0.15, -0.1) is 23.5 Å². The molecule has 1 heterocycles. The Morgan fingerprint density at radius 1 is 1.43 bits per heavy atom. The van der Waals surface area contributed by atoms with Crippen molar-refractivity contribution in [2.24, 2.45) is 5.16 Å². The molecule has 0 N–H and O–H groups in total. The molecule has 82 valence electrons. The zero-order chi connectivity index (χ0) is 10.4. The molecule has 0 amide bonds. The third-order valence-corrected chi connectivity index (χ3v) is 5.81. The summed E-state index contributed by atoms with van der Waals surface area (Å²) < 4.78 is 0.420. The molecule has 4 heteroatoms. The van der Waals surface area contributed by atoms with E-state index in [1.807, 2.05) is 0 Å². The van der Waals surface area contributed by atoms with Gasteiger partial charge < -0.3 is 4.84 Å². The molecule has 0 bridgehead atoms. The summed E-state index contributed by atoms with van der Waals surface area (Å²) in [7, 11) is 1.62. The highest BCUT2D eigenvalue weighted by atomic mass is 32.2. The van der Waals surface area contributed by atoms with E-state index in [-0.39, 0.29) is 0 Å². The minimum absolute atomic E-state index is 0.420. The van der Waals surface area contributed by atoms with Crippen molar-refractivity contribution in [1.82, 2.24) is 0 Å². The van der Waals surface area contributed by atoms with E-state index in [0.29, 0.717) is 4.08 Å². The van der Waals surface area contributed by atoms with Crippen LogP contribution in [0.25, 0.3) is 0 Å². The first-order valence-electron chi connectivity index (χ1n) is 5.07. The van der Waals surface area contributed by atoms with Crippen molar-refractivity contribution in [3.63, 3.8) is 0 Å². The summed E-state index contributed by atoms with van der Waals surface area (Å²) >= 11 is 4.16. The van der Waals surface area contributed by atoms with Crippen LogP contribution >= 0.6 is 23.5 Å². The van der Waals surface area contributed by atoms with Crippen LogP contribution in [-0.2, 0) is 4.84 Å². The van der Waals surface area contributed by atoms with Crippen molar-refractivity contribution in [2.45, 2.75) is 37.2 Å². The normalized spacial score (nSPS) is 21.2. The number of nitrogens with zero attached hydrogens (tertiary/aromatic N) is 1. The first-order valence-corrected chi connectivity index (χ1v) is 7.04. The third-order valence-electron chi connectivity index (χ3n) is 2.39. The summed E-state index contributed by atoms with van der Waals surface area (Å²) in [6.07, 6.45) is 3.28. The third kappa shape index (κ3) is 3.73. The van der Waals surface area contributed by atoms with Gasteiger partial charge in [-0.05, 0) is 26.2 Å². The lowest BCUT2D eigenvalue weighted by molar-refractivity contribution is 0.211. The molecule has 0 aliphatic carbocycles. The highest BCUT2D eigenvalue weighted by Crippen LogP contribution is 2.46. The van der Waals surface area contributed by atoms with Gasteiger partial charge in [0.15, 0.2) is 0 Å². The number of hydrogen-bond donors (Lipinski definition) is 0. The molecule has 1 aliphatic heterocycles. The first-order chi connectivity index (χ1) is 6.70. The van der Waals surface area contributed by atoms with Crippen LogP contribution in [0.15, 0.2) is 5.16 Å². The highest BCUT2D eigenvalue weighted by Gasteiger charge is 2.29. The number of oxime groups is 1. The SMILES string of the molecule is CC/C(CCC1(C)SCCS1)=N\OC. The van der Waals surface area contributed by atoms with Crippen LogP contribution in [0.5, 0.6) is 0 Å². The highest BCUT2D eigenvalue weighted by molar-refractivity contribution is 8.21. The lowest BCUT2D eigenvalue weighted by Gasteiger charge is -2.21. The second-order valence-electron chi connectivity index (χ2n) is 3.52. The van der Waals surface area contributed by atoms with E-state index in [2.05, 4.69) is 42.5 Å². The standard InChI is InChI=1S/C10H19NOS2/c1-4-9(11-12-3)5-6-10(2)13-7-8-14-10/h4-8H2,1-3H3/b11-9+. The summed E-state index contributed by atoms with van der Waals surface area (Å²) in [5.74, 6) is 2.59. The number of hydrogen-bond acceptors (Lipinski definition) is 4. The Bertz CT molecular complexity index is 200. The maximum absolute atomic E-state index is 4.82. The summed E-state index contributed by atoms with van der Waals surface area (Å²) in [4.78, 5) is 4.82. The Labute approximate surface area is 95.2 Å². The summed E-state index contributed by atoms with van der Waals surface area (Å²) in [5.41, 5.74) is 1.18. The van der Waals surface area contributed by atoms with Gasteiger partial charge in [-0.2, -0.15) is 0 Å². The van der Waals surface area contributed by atoms with Gasteiger partial charge in [0.2, 0.25) is 0 Å². The molecule has 1 rings (SSSR count). The van der Waals surface area contributed by atoms with Gasteiger partial charge in [0.1, 0.15) is 7.11 Å². The van der Waals surface area contributed by atoms with E-state index >= 15 is 0 Å². The van der Waals surface area contributed by atoms with Gasteiger partial charge in [0.05, 0.1) is 9.79 Å². The topological polar surface area (TPSA) is 21.6 Å². The molecule has 0 aromatic rings. The van der Waals surface area contributed by atoms with Gasteiger partial charge in [0, 0.05) is 11.5 Å². The second-order valence-corrected chi connectivity index (χ2v) is 6.98. The van der Waals surface area contributed by atoms with Crippen molar-refractivity contribution in [1.29, 1.82) is 0 Å². The van der Waals surface area contributed by atoms with Gasteiger partial charge in [-0.25, -0.2) is 0 Å². The molecule has 0 radical (unpaired) electrons. The predicted molar refractivity (Wildman–Crippen MR) is 67.3 cm³/mol. The van der Waals surface area contributed by atoms with Gasteiger partial charge in [-0.3, -0.25) is 0 Å². The van der Waals surface area contributed by atoms with E-state index in [1.54, 1.807) is 7.11 Å². The Morgan fingerprint density at radius 3 is 2.57 bits per heavy atom. The van der Waals surface area contributed by atoms with E-state index in [4.69, 9.17) is 4.84 Å². The second kappa shape index (κ2) is 5.91. The van der Waals surface area contributed by atoms with Gasteiger partial charge in [-0.1, -0.05) is 12.1 Å². The smallest absolute Gasteiger partial charge is 0.106 e. The van der Waals surface area contributed by atoms with Crippen LogP contribution < -0.4 is 0 Å². The monoisotopic (exact) mass is 233 g/mol. The van der Waals surface area contributed by atoms with Crippen LogP contribution in [0.2, 0.25) is 0 Å². The van der Waals surface area contributed by atoms with Crippen LogP contribution in [0.3, 0.4) is 0 Å². The lowest BCUT2D eigenvalue weighted by atomic mass is 10.1. The minimum atomic E-state index is 0.420. The van der Waals surface area contributed by atoms with Gasteiger partial charge in [0.25, 0.3) is 0 Å². The molecule has 0 aromatic heterocycles. The fraction of sp³-hybridized carbons (Fsp3) is 0.900. The van der Waals surface area contributed by atoms with Crippen molar-refractivity contribution in [2.75, 3.05) is 18.6 Å². The Morgan fingerprint density at radius 2 is 2.07 bits per heavy atom. The fourth-order valence-electron chi connectivity index (χ4n) is 1.49. The molecule has 2 nitrogen and oxygen atoms in total. The molecule has 0 atom stereocenters. The Balaban J connectivity index is 2.34. The molecule has 0 unspecified atom stereocenters. The van der Waals surface area contributed by atoms with Crippen molar-refractivity contribution < 1.29 is 4.84 Å². The predicted octanol–water partition coefficient (Wildman–Crippen LogP) is 3.38. The number of rotatable bonds is 5.